The van der Waals surface area contributed by atoms with Gasteiger partial charge in [-0.15, -0.1) is 0 Å². The second-order valence-electron chi connectivity index (χ2n) is 4.84. The number of carbonyl (C=O) groups is 2. The summed E-state index contributed by atoms with van der Waals surface area (Å²) in [6.07, 6.45) is 0.352. The summed E-state index contributed by atoms with van der Waals surface area (Å²) >= 11 is 0. The van der Waals surface area contributed by atoms with Gasteiger partial charge < -0.3 is 10.6 Å². The molecule has 0 aliphatic heterocycles. The van der Waals surface area contributed by atoms with Gasteiger partial charge in [0, 0.05) is 12.2 Å². The molecule has 2 N–H and O–H groups in total. The standard InChI is InChI=1S/C16H22N4O2/c1-3-18-15(21)11-20(4-2)12-16(22)19-14-7-5-13(6-8-14)9-10-17/h5-8H,3-4,9,11-12H2,1-2H3,(H,18,21)(H,19,22). The fourth-order valence-electron chi connectivity index (χ4n) is 1.94. The van der Waals surface area contributed by atoms with Crippen molar-refractivity contribution in [3.05, 3.63) is 29.8 Å². The highest BCUT2D eigenvalue weighted by Gasteiger charge is 2.12. The van der Waals surface area contributed by atoms with E-state index in [4.69, 9.17) is 5.26 Å². The SMILES string of the molecule is CCNC(=O)CN(CC)CC(=O)Nc1ccc(CC#N)cc1. The maximum absolute atomic E-state index is 12.0. The molecule has 0 aliphatic carbocycles. The molecule has 1 aromatic rings. The van der Waals surface area contributed by atoms with Crippen LogP contribution in [0.5, 0.6) is 0 Å². The van der Waals surface area contributed by atoms with E-state index in [9.17, 15) is 9.59 Å². The highest BCUT2D eigenvalue weighted by molar-refractivity contribution is 5.92. The molecule has 0 aliphatic rings. The first-order valence-electron chi connectivity index (χ1n) is 7.33. The molecule has 0 heterocycles. The van der Waals surface area contributed by atoms with Gasteiger partial charge in [0.15, 0.2) is 0 Å². The van der Waals surface area contributed by atoms with Crippen LogP contribution in [0.1, 0.15) is 19.4 Å². The van der Waals surface area contributed by atoms with Crippen molar-refractivity contribution in [2.45, 2.75) is 20.3 Å². The van der Waals surface area contributed by atoms with Crippen LogP contribution in [-0.4, -0.2) is 42.9 Å². The number of rotatable bonds is 8. The van der Waals surface area contributed by atoms with Gasteiger partial charge >= 0.3 is 0 Å². The number of hydrogen-bond acceptors (Lipinski definition) is 4. The van der Waals surface area contributed by atoms with E-state index in [1.165, 1.54) is 0 Å². The molecule has 0 radical (unpaired) electrons. The second kappa shape index (κ2) is 9.53. The minimum Gasteiger partial charge on any atom is -0.355 e. The Hall–Kier alpha value is -2.39. The summed E-state index contributed by atoms with van der Waals surface area (Å²) in [5.74, 6) is -0.253. The van der Waals surface area contributed by atoms with E-state index in [0.29, 0.717) is 25.2 Å². The van der Waals surface area contributed by atoms with Crippen LogP contribution in [0, 0.1) is 11.3 Å². The van der Waals surface area contributed by atoms with Gasteiger partial charge in [-0.3, -0.25) is 14.5 Å². The summed E-state index contributed by atoms with van der Waals surface area (Å²) in [4.78, 5) is 25.3. The lowest BCUT2D eigenvalue weighted by atomic mass is 10.1. The number of carbonyl (C=O) groups excluding carboxylic acids is 2. The molecule has 0 atom stereocenters. The van der Waals surface area contributed by atoms with Crippen LogP contribution in [0.25, 0.3) is 0 Å². The van der Waals surface area contributed by atoms with Crippen LogP contribution < -0.4 is 10.6 Å². The Labute approximate surface area is 131 Å². The first-order valence-corrected chi connectivity index (χ1v) is 7.33. The van der Waals surface area contributed by atoms with E-state index in [1.54, 1.807) is 17.0 Å². The van der Waals surface area contributed by atoms with E-state index < -0.39 is 0 Å². The lowest BCUT2D eigenvalue weighted by molar-refractivity contribution is -0.123. The number of nitrogens with one attached hydrogen (secondary N) is 2. The first kappa shape index (κ1) is 17.7. The number of benzene rings is 1. The van der Waals surface area contributed by atoms with Crippen molar-refractivity contribution in [3.8, 4) is 6.07 Å². The Bertz CT molecular complexity index is 534. The molecule has 0 saturated carbocycles. The topological polar surface area (TPSA) is 85.2 Å². The largest absolute Gasteiger partial charge is 0.355 e. The molecule has 118 valence electrons. The van der Waals surface area contributed by atoms with Crippen LogP contribution in [0.2, 0.25) is 0 Å². The number of nitrogens with zero attached hydrogens (tertiary/aromatic N) is 2. The van der Waals surface area contributed by atoms with Crippen molar-refractivity contribution in [1.29, 1.82) is 5.26 Å². The average Bonchev–Trinajstić information content (AvgIpc) is 2.49. The van der Waals surface area contributed by atoms with Crippen LogP contribution in [0.15, 0.2) is 24.3 Å². The summed E-state index contributed by atoms with van der Waals surface area (Å²) in [6, 6.07) is 9.23. The molecule has 22 heavy (non-hydrogen) atoms. The van der Waals surface area contributed by atoms with E-state index in [-0.39, 0.29) is 24.9 Å². The zero-order valence-electron chi connectivity index (χ0n) is 13.1. The summed E-state index contributed by atoms with van der Waals surface area (Å²) in [5, 5.41) is 14.1. The molecular formula is C16H22N4O2. The number of amides is 2. The maximum atomic E-state index is 12.0. The quantitative estimate of drug-likeness (QED) is 0.754. The number of hydrogen-bond donors (Lipinski definition) is 2. The highest BCUT2D eigenvalue weighted by atomic mass is 16.2. The minimum absolute atomic E-state index is 0.0852. The minimum atomic E-state index is -0.167. The van der Waals surface area contributed by atoms with Gasteiger partial charge in [-0.25, -0.2) is 0 Å². The van der Waals surface area contributed by atoms with Crippen LogP contribution >= 0.6 is 0 Å². The van der Waals surface area contributed by atoms with Gasteiger partial charge in [-0.1, -0.05) is 19.1 Å². The Morgan fingerprint density at radius 3 is 2.32 bits per heavy atom. The van der Waals surface area contributed by atoms with Crippen molar-refractivity contribution in [2.75, 3.05) is 31.5 Å². The third-order valence-corrected chi connectivity index (χ3v) is 3.08. The maximum Gasteiger partial charge on any atom is 0.238 e. The molecule has 0 fully saturated rings. The zero-order chi connectivity index (χ0) is 16.4. The third kappa shape index (κ3) is 6.37. The number of nitriles is 1. The normalized spacial score (nSPS) is 10.1. The van der Waals surface area contributed by atoms with E-state index >= 15 is 0 Å². The van der Waals surface area contributed by atoms with Gasteiger partial charge in [-0.05, 0) is 31.2 Å². The van der Waals surface area contributed by atoms with Crippen molar-refractivity contribution >= 4 is 17.5 Å². The Morgan fingerprint density at radius 1 is 1.14 bits per heavy atom. The number of anilines is 1. The van der Waals surface area contributed by atoms with Gasteiger partial charge in [-0.2, -0.15) is 5.26 Å². The average molecular weight is 302 g/mol. The summed E-state index contributed by atoms with van der Waals surface area (Å²) in [7, 11) is 0. The van der Waals surface area contributed by atoms with Gasteiger partial charge in [0.25, 0.3) is 0 Å². The molecule has 0 saturated heterocycles. The van der Waals surface area contributed by atoms with Gasteiger partial charge in [0.05, 0.1) is 25.6 Å². The predicted octanol–water partition coefficient (Wildman–Crippen LogP) is 1.15. The van der Waals surface area contributed by atoms with Crippen LogP contribution in [0.3, 0.4) is 0 Å². The molecule has 0 unspecified atom stereocenters. The molecule has 6 nitrogen and oxygen atoms in total. The molecule has 0 aromatic heterocycles. The van der Waals surface area contributed by atoms with Crippen molar-refractivity contribution in [1.82, 2.24) is 10.2 Å². The Kier molecular flexibility index (Phi) is 7.65. The van der Waals surface area contributed by atoms with Gasteiger partial charge in [0.1, 0.15) is 0 Å². The molecule has 6 heteroatoms. The zero-order valence-corrected chi connectivity index (χ0v) is 13.1. The third-order valence-electron chi connectivity index (χ3n) is 3.08. The Morgan fingerprint density at radius 2 is 1.77 bits per heavy atom. The molecule has 1 rings (SSSR count). The van der Waals surface area contributed by atoms with Crippen LogP contribution in [-0.2, 0) is 16.0 Å². The lowest BCUT2D eigenvalue weighted by Crippen LogP contribution is -2.41. The molecular weight excluding hydrogens is 280 g/mol. The van der Waals surface area contributed by atoms with E-state index in [2.05, 4.69) is 16.7 Å². The number of likely N-dealkylation sites (N-methyl/N-ethyl adjacent to an activating group) is 2. The summed E-state index contributed by atoms with van der Waals surface area (Å²) < 4.78 is 0. The highest BCUT2D eigenvalue weighted by Crippen LogP contribution is 2.09. The van der Waals surface area contributed by atoms with E-state index in [1.807, 2.05) is 26.0 Å². The Balaban J connectivity index is 2.49. The fraction of sp³-hybridized carbons (Fsp3) is 0.438. The molecule has 1 aromatic carbocycles. The van der Waals surface area contributed by atoms with E-state index in [0.717, 1.165) is 5.56 Å². The summed E-state index contributed by atoms with van der Waals surface area (Å²) in [6.45, 7) is 5.33. The van der Waals surface area contributed by atoms with Gasteiger partial charge in [0.2, 0.25) is 11.8 Å². The smallest absolute Gasteiger partial charge is 0.238 e. The van der Waals surface area contributed by atoms with Crippen molar-refractivity contribution in [3.63, 3.8) is 0 Å². The first-order chi connectivity index (χ1) is 10.6. The molecule has 0 spiro atoms. The lowest BCUT2D eigenvalue weighted by Gasteiger charge is -2.19. The monoisotopic (exact) mass is 302 g/mol. The second-order valence-corrected chi connectivity index (χ2v) is 4.84. The molecule has 2 amide bonds. The van der Waals surface area contributed by atoms with Crippen LogP contribution in [0.4, 0.5) is 5.69 Å². The van der Waals surface area contributed by atoms with Crippen molar-refractivity contribution in [2.24, 2.45) is 0 Å². The fourth-order valence-corrected chi connectivity index (χ4v) is 1.94. The van der Waals surface area contributed by atoms with Crippen molar-refractivity contribution < 1.29 is 9.59 Å². The molecule has 0 bridgehead atoms. The predicted molar refractivity (Wildman–Crippen MR) is 85.2 cm³/mol. The summed E-state index contributed by atoms with van der Waals surface area (Å²) in [5.41, 5.74) is 1.59.